The van der Waals surface area contributed by atoms with Gasteiger partial charge in [-0.25, -0.2) is 0 Å². The normalized spacial score (nSPS) is 16.4. The molecule has 0 radical (unpaired) electrons. The first-order valence-electron chi connectivity index (χ1n) is 6.28. The molecule has 1 aromatic carbocycles. The summed E-state index contributed by atoms with van der Waals surface area (Å²) in [5.74, 6) is 1.17. The number of anilines is 1. The van der Waals surface area contributed by atoms with Crippen molar-refractivity contribution in [1.82, 2.24) is 0 Å². The summed E-state index contributed by atoms with van der Waals surface area (Å²) in [6, 6.07) is 8.50. The van der Waals surface area contributed by atoms with E-state index in [1.807, 2.05) is 0 Å². The van der Waals surface area contributed by atoms with Crippen LogP contribution in [0.15, 0.2) is 29.3 Å². The standard InChI is InChI=1S/C14H20N2/c1-2-12-8-5-6-9-13(12)16-14-10-4-3-7-11-15-14/h5-6,8-9H,2-4,7,10-11H2,1H3,(H,15,16). The predicted octanol–water partition coefficient (Wildman–Crippen LogP) is 3.63. The third-order valence-corrected chi connectivity index (χ3v) is 3.05. The van der Waals surface area contributed by atoms with Gasteiger partial charge < -0.3 is 5.32 Å². The van der Waals surface area contributed by atoms with Crippen LogP contribution in [-0.4, -0.2) is 12.4 Å². The molecular weight excluding hydrogens is 196 g/mol. The monoisotopic (exact) mass is 216 g/mol. The number of para-hydroxylation sites is 1. The maximum Gasteiger partial charge on any atom is 0.101 e. The molecule has 0 atom stereocenters. The van der Waals surface area contributed by atoms with Crippen LogP contribution in [0.5, 0.6) is 0 Å². The van der Waals surface area contributed by atoms with E-state index in [4.69, 9.17) is 0 Å². The fourth-order valence-electron chi connectivity index (χ4n) is 2.08. The number of nitrogens with zero attached hydrogens (tertiary/aromatic N) is 1. The first-order valence-corrected chi connectivity index (χ1v) is 6.28. The molecule has 2 heteroatoms. The third kappa shape index (κ3) is 2.84. The van der Waals surface area contributed by atoms with E-state index in [0.717, 1.165) is 19.4 Å². The molecule has 0 unspecified atom stereocenters. The topological polar surface area (TPSA) is 24.4 Å². The molecule has 0 aliphatic carbocycles. The van der Waals surface area contributed by atoms with Gasteiger partial charge in [0.2, 0.25) is 0 Å². The van der Waals surface area contributed by atoms with Gasteiger partial charge in [-0.1, -0.05) is 31.5 Å². The van der Waals surface area contributed by atoms with Crippen LogP contribution in [0.25, 0.3) is 0 Å². The molecule has 1 N–H and O–H groups in total. The number of hydrogen-bond donors (Lipinski definition) is 1. The van der Waals surface area contributed by atoms with E-state index < -0.39 is 0 Å². The molecule has 0 bridgehead atoms. The lowest BCUT2D eigenvalue weighted by Gasteiger charge is -2.11. The fourth-order valence-corrected chi connectivity index (χ4v) is 2.08. The Morgan fingerprint density at radius 3 is 2.94 bits per heavy atom. The second kappa shape index (κ2) is 5.69. The van der Waals surface area contributed by atoms with Crippen LogP contribution < -0.4 is 5.32 Å². The minimum atomic E-state index is 0.983. The van der Waals surface area contributed by atoms with E-state index in [2.05, 4.69) is 41.5 Å². The molecule has 1 heterocycles. The van der Waals surface area contributed by atoms with E-state index in [1.54, 1.807) is 0 Å². The summed E-state index contributed by atoms with van der Waals surface area (Å²) in [5, 5.41) is 3.49. The number of aliphatic imine (C=N–C) groups is 1. The van der Waals surface area contributed by atoms with Gasteiger partial charge in [-0.15, -0.1) is 0 Å². The number of benzene rings is 1. The van der Waals surface area contributed by atoms with Crippen molar-refractivity contribution in [3.63, 3.8) is 0 Å². The lowest BCUT2D eigenvalue weighted by Crippen LogP contribution is -2.12. The summed E-state index contributed by atoms with van der Waals surface area (Å²) in [7, 11) is 0. The van der Waals surface area contributed by atoms with E-state index in [9.17, 15) is 0 Å². The van der Waals surface area contributed by atoms with Crippen molar-refractivity contribution in [2.75, 3.05) is 11.9 Å². The predicted molar refractivity (Wildman–Crippen MR) is 70.2 cm³/mol. The quantitative estimate of drug-likeness (QED) is 0.802. The molecule has 1 aliphatic heterocycles. The molecule has 0 spiro atoms. The Labute approximate surface area is 97.8 Å². The highest BCUT2D eigenvalue weighted by molar-refractivity contribution is 5.96. The van der Waals surface area contributed by atoms with Gasteiger partial charge in [0.25, 0.3) is 0 Å². The highest BCUT2D eigenvalue weighted by atomic mass is 15.0. The van der Waals surface area contributed by atoms with Crippen molar-refractivity contribution in [2.45, 2.75) is 39.0 Å². The molecule has 0 saturated carbocycles. The van der Waals surface area contributed by atoms with Crippen LogP contribution >= 0.6 is 0 Å². The Morgan fingerprint density at radius 2 is 2.06 bits per heavy atom. The summed E-state index contributed by atoms with van der Waals surface area (Å²) < 4.78 is 0. The van der Waals surface area contributed by atoms with Gasteiger partial charge in [-0.2, -0.15) is 0 Å². The molecule has 0 amide bonds. The van der Waals surface area contributed by atoms with Crippen LogP contribution in [0.2, 0.25) is 0 Å². The summed E-state index contributed by atoms with van der Waals surface area (Å²) in [5.41, 5.74) is 2.60. The SMILES string of the molecule is CCc1ccccc1NC1=NCCCCC1. The average Bonchev–Trinajstić information content (AvgIpc) is 2.58. The van der Waals surface area contributed by atoms with Crippen molar-refractivity contribution in [3.8, 4) is 0 Å². The number of rotatable bonds is 2. The van der Waals surface area contributed by atoms with Gasteiger partial charge in [0.1, 0.15) is 5.84 Å². The molecule has 16 heavy (non-hydrogen) atoms. The van der Waals surface area contributed by atoms with Crippen LogP contribution in [0.1, 0.15) is 38.2 Å². The van der Waals surface area contributed by atoms with Gasteiger partial charge in [0.05, 0.1) is 0 Å². The van der Waals surface area contributed by atoms with E-state index in [1.165, 1.54) is 36.3 Å². The zero-order chi connectivity index (χ0) is 11.2. The number of nitrogens with one attached hydrogen (secondary N) is 1. The van der Waals surface area contributed by atoms with Crippen LogP contribution in [0.3, 0.4) is 0 Å². The van der Waals surface area contributed by atoms with Crippen LogP contribution in [0.4, 0.5) is 5.69 Å². The van der Waals surface area contributed by atoms with Crippen LogP contribution in [-0.2, 0) is 6.42 Å². The fraction of sp³-hybridized carbons (Fsp3) is 0.500. The lowest BCUT2D eigenvalue weighted by atomic mass is 10.1. The molecule has 1 aromatic rings. The zero-order valence-electron chi connectivity index (χ0n) is 10.00. The number of hydrogen-bond acceptors (Lipinski definition) is 2. The molecule has 2 nitrogen and oxygen atoms in total. The van der Waals surface area contributed by atoms with Gasteiger partial charge in [0.15, 0.2) is 0 Å². The number of aryl methyl sites for hydroxylation is 1. The summed E-state index contributed by atoms with van der Waals surface area (Å²) in [4.78, 5) is 4.60. The zero-order valence-corrected chi connectivity index (χ0v) is 10.00. The van der Waals surface area contributed by atoms with Gasteiger partial charge in [-0.05, 0) is 30.9 Å². The van der Waals surface area contributed by atoms with Gasteiger partial charge >= 0.3 is 0 Å². The molecule has 86 valence electrons. The summed E-state index contributed by atoms with van der Waals surface area (Å²) >= 11 is 0. The molecule has 0 fully saturated rings. The van der Waals surface area contributed by atoms with E-state index in [0.29, 0.717) is 0 Å². The van der Waals surface area contributed by atoms with E-state index in [-0.39, 0.29) is 0 Å². The lowest BCUT2D eigenvalue weighted by molar-refractivity contribution is 0.731. The first kappa shape index (κ1) is 11.2. The first-order chi connectivity index (χ1) is 7.90. The van der Waals surface area contributed by atoms with Gasteiger partial charge in [0, 0.05) is 18.7 Å². The summed E-state index contributed by atoms with van der Waals surface area (Å²) in [6.45, 7) is 3.17. The van der Waals surface area contributed by atoms with Crippen molar-refractivity contribution in [3.05, 3.63) is 29.8 Å². The molecule has 0 saturated heterocycles. The largest absolute Gasteiger partial charge is 0.344 e. The Hall–Kier alpha value is -1.31. The second-order valence-electron chi connectivity index (χ2n) is 4.27. The molecular formula is C14H20N2. The Bertz CT molecular complexity index is 369. The molecule has 1 aliphatic rings. The highest BCUT2D eigenvalue weighted by Gasteiger charge is 2.06. The average molecular weight is 216 g/mol. The Kier molecular flexibility index (Phi) is 3.97. The van der Waals surface area contributed by atoms with E-state index >= 15 is 0 Å². The Morgan fingerprint density at radius 1 is 1.19 bits per heavy atom. The highest BCUT2D eigenvalue weighted by Crippen LogP contribution is 2.17. The van der Waals surface area contributed by atoms with Crippen molar-refractivity contribution in [1.29, 1.82) is 0 Å². The molecule has 0 aromatic heterocycles. The maximum absolute atomic E-state index is 4.60. The Balaban J connectivity index is 2.10. The van der Waals surface area contributed by atoms with Crippen LogP contribution in [0, 0.1) is 0 Å². The minimum absolute atomic E-state index is 0.983. The van der Waals surface area contributed by atoms with Crippen molar-refractivity contribution < 1.29 is 0 Å². The smallest absolute Gasteiger partial charge is 0.101 e. The second-order valence-corrected chi connectivity index (χ2v) is 4.27. The van der Waals surface area contributed by atoms with Crippen molar-refractivity contribution in [2.24, 2.45) is 4.99 Å². The van der Waals surface area contributed by atoms with Gasteiger partial charge in [-0.3, -0.25) is 4.99 Å². The van der Waals surface area contributed by atoms with Crippen molar-refractivity contribution >= 4 is 11.5 Å². The number of amidine groups is 1. The summed E-state index contributed by atoms with van der Waals surface area (Å²) in [6.07, 6.45) is 5.97. The molecule has 2 rings (SSSR count). The third-order valence-electron chi connectivity index (χ3n) is 3.05. The maximum atomic E-state index is 4.60. The minimum Gasteiger partial charge on any atom is -0.344 e.